The van der Waals surface area contributed by atoms with Gasteiger partial charge < -0.3 is 24.6 Å². The highest BCUT2D eigenvalue weighted by Crippen LogP contribution is 2.43. The fraction of sp³-hybridized carbons (Fsp3) is 0.879. The van der Waals surface area contributed by atoms with Crippen LogP contribution in [0.15, 0.2) is 12.2 Å². The van der Waals surface area contributed by atoms with Crippen molar-refractivity contribution in [1.82, 2.24) is 0 Å². The minimum absolute atomic E-state index is 0.0656. The highest BCUT2D eigenvalue weighted by Gasteiger charge is 2.27. The Morgan fingerprint density at radius 1 is 0.682 bits per heavy atom. The van der Waals surface area contributed by atoms with Crippen molar-refractivity contribution in [2.75, 3.05) is 26.4 Å². The SMILES string of the molecule is CCCCCCC/C=C/CC(=O)OC[C@H](COP(=O)(O)OC[C@@H](O)CO)OC(=O)CCCCCCCCCCCCCCC. The van der Waals surface area contributed by atoms with Gasteiger partial charge in [-0.3, -0.25) is 18.6 Å². The van der Waals surface area contributed by atoms with E-state index in [2.05, 4.69) is 18.4 Å². The van der Waals surface area contributed by atoms with Gasteiger partial charge in [-0.1, -0.05) is 129 Å². The average molecular weight is 651 g/mol. The van der Waals surface area contributed by atoms with Crippen molar-refractivity contribution in [2.45, 2.75) is 161 Å². The van der Waals surface area contributed by atoms with Crippen LogP contribution in [0, 0.1) is 0 Å². The molecule has 3 atom stereocenters. The van der Waals surface area contributed by atoms with E-state index in [0.29, 0.717) is 6.42 Å². The van der Waals surface area contributed by atoms with Crippen molar-refractivity contribution >= 4 is 19.8 Å². The second-order valence-corrected chi connectivity index (χ2v) is 13.0. The van der Waals surface area contributed by atoms with E-state index in [9.17, 15) is 24.2 Å². The lowest BCUT2D eigenvalue weighted by Gasteiger charge is -2.20. The summed E-state index contributed by atoms with van der Waals surface area (Å²) >= 11 is 0. The molecule has 0 aromatic heterocycles. The van der Waals surface area contributed by atoms with Crippen molar-refractivity contribution < 1.29 is 47.8 Å². The van der Waals surface area contributed by atoms with Crippen LogP contribution >= 0.6 is 7.82 Å². The predicted octanol–water partition coefficient (Wildman–Crippen LogP) is 7.72. The lowest BCUT2D eigenvalue weighted by Crippen LogP contribution is -2.29. The average Bonchev–Trinajstić information content (AvgIpc) is 3.00. The van der Waals surface area contributed by atoms with E-state index in [-0.39, 0.29) is 19.4 Å². The number of aliphatic hydroxyl groups is 2. The molecule has 0 amide bonds. The Morgan fingerprint density at radius 3 is 1.73 bits per heavy atom. The smallest absolute Gasteiger partial charge is 0.461 e. The number of esters is 2. The van der Waals surface area contributed by atoms with Gasteiger partial charge >= 0.3 is 19.8 Å². The highest BCUT2D eigenvalue weighted by molar-refractivity contribution is 7.47. The fourth-order valence-corrected chi connectivity index (χ4v) is 5.29. The molecule has 0 saturated heterocycles. The Hall–Kier alpha value is -1.29. The molecule has 0 heterocycles. The second kappa shape index (κ2) is 30.4. The summed E-state index contributed by atoms with van der Waals surface area (Å²) < 4.78 is 32.3. The molecule has 0 aromatic carbocycles. The maximum Gasteiger partial charge on any atom is 0.472 e. The van der Waals surface area contributed by atoms with Crippen molar-refractivity contribution in [3.05, 3.63) is 12.2 Å². The normalized spacial score (nSPS) is 14.4. The van der Waals surface area contributed by atoms with E-state index >= 15 is 0 Å². The monoisotopic (exact) mass is 650 g/mol. The lowest BCUT2D eigenvalue weighted by atomic mass is 10.0. The number of phosphoric acid groups is 1. The minimum Gasteiger partial charge on any atom is -0.461 e. The van der Waals surface area contributed by atoms with Crippen LogP contribution in [-0.4, -0.2) is 65.7 Å². The molecule has 3 N–H and O–H groups in total. The molecule has 0 aliphatic heterocycles. The number of carbonyl (C=O) groups excluding carboxylic acids is 2. The highest BCUT2D eigenvalue weighted by atomic mass is 31.2. The molecule has 44 heavy (non-hydrogen) atoms. The molecule has 260 valence electrons. The van der Waals surface area contributed by atoms with Crippen LogP contribution in [0.3, 0.4) is 0 Å². The summed E-state index contributed by atoms with van der Waals surface area (Å²) in [4.78, 5) is 34.5. The zero-order chi connectivity index (χ0) is 32.7. The van der Waals surface area contributed by atoms with Gasteiger partial charge in [0.2, 0.25) is 0 Å². The summed E-state index contributed by atoms with van der Waals surface area (Å²) in [5.41, 5.74) is 0. The van der Waals surface area contributed by atoms with Gasteiger partial charge in [0, 0.05) is 6.42 Å². The van der Waals surface area contributed by atoms with Gasteiger partial charge in [0.15, 0.2) is 6.10 Å². The summed E-state index contributed by atoms with van der Waals surface area (Å²) in [6.07, 6.45) is 23.7. The Balaban J connectivity index is 4.44. The van der Waals surface area contributed by atoms with Crippen LogP contribution in [0.4, 0.5) is 0 Å². The predicted molar refractivity (Wildman–Crippen MR) is 173 cm³/mol. The summed E-state index contributed by atoms with van der Waals surface area (Å²) in [6, 6.07) is 0. The zero-order valence-corrected chi connectivity index (χ0v) is 28.5. The van der Waals surface area contributed by atoms with E-state index < -0.39 is 51.8 Å². The molecule has 0 radical (unpaired) electrons. The van der Waals surface area contributed by atoms with Crippen LogP contribution in [0.2, 0.25) is 0 Å². The third-order valence-corrected chi connectivity index (χ3v) is 8.15. The fourth-order valence-electron chi connectivity index (χ4n) is 4.50. The maximum atomic E-state index is 12.5. The molecule has 0 fully saturated rings. The van der Waals surface area contributed by atoms with Gasteiger partial charge in [-0.25, -0.2) is 4.57 Å². The number of carbonyl (C=O) groups is 2. The van der Waals surface area contributed by atoms with Crippen molar-refractivity contribution in [2.24, 2.45) is 0 Å². The Kier molecular flexibility index (Phi) is 29.5. The number of allylic oxidation sites excluding steroid dienone is 1. The Labute approximate surface area is 266 Å². The summed E-state index contributed by atoms with van der Waals surface area (Å²) in [5.74, 6) is -1.02. The van der Waals surface area contributed by atoms with Gasteiger partial charge in [0.1, 0.15) is 12.7 Å². The number of hydrogen-bond donors (Lipinski definition) is 3. The van der Waals surface area contributed by atoms with Gasteiger partial charge in [0.25, 0.3) is 0 Å². The second-order valence-electron chi connectivity index (χ2n) is 11.6. The topological polar surface area (TPSA) is 149 Å². The largest absolute Gasteiger partial charge is 0.472 e. The van der Waals surface area contributed by atoms with Crippen LogP contribution in [0.25, 0.3) is 0 Å². The molecule has 11 heteroatoms. The molecule has 0 bridgehead atoms. The van der Waals surface area contributed by atoms with Gasteiger partial charge in [-0.15, -0.1) is 0 Å². The van der Waals surface area contributed by atoms with Crippen molar-refractivity contribution in [3.8, 4) is 0 Å². The van der Waals surface area contributed by atoms with Crippen molar-refractivity contribution in [1.29, 1.82) is 0 Å². The third-order valence-electron chi connectivity index (χ3n) is 7.20. The number of phosphoric ester groups is 1. The molecule has 0 spiro atoms. The quantitative estimate of drug-likeness (QED) is 0.0286. The van der Waals surface area contributed by atoms with E-state index in [1.807, 2.05) is 6.08 Å². The molecule has 0 saturated carbocycles. The molecule has 0 aliphatic rings. The number of rotatable bonds is 32. The molecular formula is C33H63O10P. The number of unbranched alkanes of at least 4 members (excludes halogenated alkanes) is 17. The van der Waals surface area contributed by atoms with Gasteiger partial charge in [0.05, 0.1) is 26.2 Å². The molecule has 0 aliphatic carbocycles. The molecule has 10 nitrogen and oxygen atoms in total. The zero-order valence-electron chi connectivity index (χ0n) is 27.6. The molecule has 0 rings (SSSR count). The summed E-state index contributed by atoms with van der Waals surface area (Å²) in [5, 5.41) is 18.2. The minimum atomic E-state index is -4.61. The van der Waals surface area contributed by atoms with Crippen LogP contribution in [-0.2, 0) is 32.7 Å². The number of ether oxygens (including phenoxy) is 2. The maximum absolute atomic E-state index is 12.5. The third kappa shape index (κ3) is 29.4. The van der Waals surface area contributed by atoms with E-state index in [1.165, 1.54) is 77.0 Å². The number of aliphatic hydroxyl groups excluding tert-OH is 2. The first-order valence-corrected chi connectivity index (χ1v) is 18.6. The standard InChI is InChI=1S/C33H63O10P/c1-3-5-7-9-11-13-14-15-16-17-19-21-23-25-33(37)43-31(29-42-44(38,39)41-27-30(35)26-34)28-40-32(36)24-22-20-18-12-10-8-6-4-2/h20,22,30-31,34-35H,3-19,21,23-29H2,1-2H3,(H,38,39)/b22-20+/t30-,31+/m0/s1. The van der Waals surface area contributed by atoms with E-state index in [1.54, 1.807) is 6.08 Å². The first-order valence-electron chi connectivity index (χ1n) is 17.1. The summed E-state index contributed by atoms with van der Waals surface area (Å²) in [7, 11) is -4.61. The first kappa shape index (κ1) is 42.7. The van der Waals surface area contributed by atoms with Gasteiger partial charge in [-0.2, -0.15) is 0 Å². The molecule has 1 unspecified atom stereocenters. The van der Waals surface area contributed by atoms with Crippen molar-refractivity contribution in [3.63, 3.8) is 0 Å². The van der Waals surface area contributed by atoms with Crippen LogP contribution in [0.1, 0.15) is 149 Å². The van der Waals surface area contributed by atoms with E-state index in [4.69, 9.17) is 19.1 Å². The Bertz CT molecular complexity index is 761. The molecule has 0 aromatic rings. The number of hydrogen-bond acceptors (Lipinski definition) is 9. The van der Waals surface area contributed by atoms with E-state index in [0.717, 1.165) is 38.5 Å². The Morgan fingerprint density at radius 2 is 1.18 bits per heavy atom. The van der Waals surface area contributed by atoms with Gasteiger partial charge in [-0.05, 0) is 19.3 Å². The first-order chi connectivity index (χ1) is 21.2. The molecular weight excluding hydrogens is 587 g/mol. The lowest BCUT2D eigenvalue weighted by molar-refractivity contribution is -0.160. The summed E-state index contributed by atoms with van der Waals surface area (Å²) in [6.45, 7) is 2.25. The van der Waals surface area contributed by atoms with Crippen LogP contribution < -0.4 is 0 Å². The van der Waals surface area contributed by atoms with Crippen LogP contribution in [0.5, 0.6) is 0 Å².